The van der Waals surface area contributed by atoms with Crippen molar-refractivity contribution >= 4 is 12.2 Å². The molecule has 2 N–H and O–H groups in total. The van der Waals surface area contributed by atoms with E-state index in [4.69, 9.17) is 18.9 Å². The van der Waals surface area contributed by atoms with Crippen molar-refractivity contribution in [2.45, 2.75) is 78.7 Å². The standard InChI is InChI=1S/C20H42N2O4.C5H10O2/c1-4-19(2)20(23)22-12-8-6-10-14-25-16-18-26-17-15-24-13-9-5-7-11-21-3;1-5(2)7-4-3-6/h19,21H,4-18H2,1-3H3,(H,22,23);3,5H,4H2,1-2H3. The Morgan fingerprint density at radius 1 is 0.788 bits per heavy atom. The summed E-state index contributed by atoms with van der Waals surface area (Å²) in [6.07, 6.45) is 8.45. The average Bonchev–Trinajstić information content (AvgIpc) is 2.81. The van der Waals surface area contributed by atoms with Crippen LogP contribution in [0, 0.1) is 5.92 Å². The van der Waals surface area contributed by atoms with Crippen LogP contribution in [0.1, 0.15) is 72.6 Å². The van der Waals surface area contributed by atoms with Gasteiger partial charge in [-0.3, -0.25) is 4.79 Å². The van der Waals surface area contributed by atoms with Crippen LogP contribution in [0.5, 0.6) is 0 Å². The van der Waals surface area contributed by atoms with E-state index in [1.54, 1.807) is 0 Å². The van der Waals surface area contributed by atoms with Crippen molar-refractivity contribution in [2.24, 2.45) is 5.92 Å². The van der Waals surface area contributed by atoms with E-state index in [1.165, 1.54) is 12.8 Å². The summed E-state index contributed by atoms with van der Waals surface area (Å²) in [4.78, 5) is 21.2. The number of carbonyl (C=O) groups excluding carboxylic acids is 2. The van der Waals surface area contributed by atoms with Gasteiger partial charge in [-0.15, -0.1) is 0 Å². The van der Waals surface area contributed by atoms with Crippen LogP contribution in [0.2, 0.25) is 0 Å². The van der Waals surface area contributed by atoms with Gasteiger partial charge < -0.3 is 34.4 Å². The van der Waals surface area contributed by atoms with Crippen molar-refractivity contribution in [3.63, 3.8) is 0 Å². The molecule has 0 radical (unpaired) electrons. The molecular weight excluding hydrogens is 424 g/mol. The van der Waals surface area contributed by atoms with Crippen LogP contribution in [0.25, 0.3) is 0 Å². The summed E-state index contributed by atoms with van der Waals surface area (Å²) in [5.74, 6) is 0.283. The molecule has 0 aromatic carbocycles. The number of hydrogen-bond acceptors (Lipinski definition) is 7. The third-order valence-electron chi connectivity index (χ3n) is 4.78. The van der Waals surface area contributed by atoms with Crippen molar-refractivity contribution < 1.29 is 28.5 Å². The number of ether oxygens (including phenoxy) is 4. The fraction of sp³-hybridized carbons (Fsp3) is 0.920. The summed E-state index contributed by atoms with van der Waals surface area (Å²) >= 11 is 0. The van der Waals surface area contributed by atoms with Gasteiger partial charge in [-0.2, -0.15) is 0 Å². The number of amides is 1. The molecular formula is C25H52N2O6. The number of hydrogen-bond donors (Lipinski definition) is 2. The van der Waals surface area contributed by atoms with Crippen molar-refractivity contribution in [1.29, 1.82) is 0 Å². The first-order chi connectivity index (χ1) is 16.0. The highest BCUT2D eigenvalue weighted by Crippen LogP contribution is 2.00. The number of unbranched alkanes of at least 4 members (excludes halogenated alkanes) is 4. The lowest BCUT2D eigenvalue weighted by Crippen LogP contribution is -2.29. The highest BCUT2D eigenvalue weighted by molar-refractivity contribution is 5.78. The maximum Gasteiger partial charge on any atom is 0.222 e. The average molecular weight is 477 g/mol. The molecule has 0 aromatic heterocycles. The minimum Gasteiger partial charge on any atom is -0.379 e. The van der Waals surface area contributed by atoms with Gasteiger partial charge >= 0.3 is 0 Å². The molecule has 8 nitrogen and oxygen atoms in total. The SMILES string of the molecule is CC(C)OCC=O.CCC(C)C(=O)NCCCCCOCCOCCOCCCCCNC. The zero-order chi connectivity index (χ0) is 25.0. The van der Waals surface area contributed by atoms with E-state index < -0.39 is 0 Å². The van der Waals surface area contributed by atoms with Gasteiger partial charge in [0.25, 0.3) is 0 Å². The van der Waals surface area contributed by atoms with Gasteiger partial charge in [-0.1, -0.05) is 13.8 Å². The van der Waals surface area contributed by atoms with E-state index in [1.807, 2.05) is 34.7 Å². The van der Waals surface area contributed by atoms with Crippen molar-refractivity contribution in [3.8, 4) is 0 Å². The zero-order valence-corrected chi connectivity index (χ0v) is 22.0. The third-order valence-corrected chi connectivity index (χ3v) is 4.78. The molecule has 0 aliphatic carbocycles. The molecule has 0 fully saturated rings. The minimum atomic E-state index is 0.118. The summed E-state index contributed by atoms with van der Waals surface area (Å²) in [5.41, 5.74) is 0. The lowest BCUT2D eigenvalue weighted by atomic mass is 10.1. The lowest BCUT2D eigenvalue weighted by Gasteiger charge is -2.10. The first-order valence-electron chi connectivity index (χ1n) is 12.7. The van der Waals surface area contributed by atoms with Crippen molar-refractivity contribution in [3.05, 3.63) is 0 Å². The third kappa shape index (κ3) is 30.9. The summed E-state index contributed by atoms with van der Waals surface area (Å²) in [7, 11) is 1.98. The smallest absolute Gasteiger partial charge is 0.222 e. The normalized spacial score (nSPS) is 11.7. The molecule has 0 bridgehead atoms. The number of aldehydes is 1. The second kappa shape index (κ2) is 29.0. The van der Waals surface area contributed by atoms with E-state index in [0.29, 0.717) is 26.4 Å². The van der Waals surface area contributed by atoms with Crippen LogP contribution in [-0.2, 0) is 28.5 Å². The van der Waals surface area contributed by atoms with Crippen molar-refractivity contribution in [2.75, 3.05) is 66.4 Å². The molecule has 0 saturated carbocycles. The Morgan fingerprint density at radius 3 is 1.73 bits per heavy atom. The first-order valence-corrected chi connectivity index (χ1v) is 12.7. The number of nitrogens with one attached hydrogen (secondary N) is 2. The fourth-order valence-corrected chi connectivity index (χ4v) is 2.53. The molecule has 0 aliphatic rings. The molecule has 0 aliphatic heterocycles. The van der Waals surface area contributed by atoms with Gasteiger partial charge in [0.1, 0.15) is 12.9 Å². The molecule has 33 heavy (non-hydrogen) atoms. The molecule has 0 saturated heterocycles. The molecule has 198 valence electrons. The lowest BCUT2D eigenvalue weighted by molar-refractivity contribution is -0.124. The zero-order valence-electron chi connectivity index (χ0n) is 22.0. The molecule has 0 aromatic rings. The molecule has 1 unspecified atom stereocenters. The van der Waals surface area contributed by atoms with E-state index in [0.717, 1.165) is 64.7 Å². The Hall–Kier alpha value is -1.06. The van der Waals surface area contributed by atoms with Crippen molar-refractivity contribution in [1.82, 2.24) is 10.6 Å². The van der Waals surface area contributed by atoms with Gasteiger partial charge in [0.05, 0.1) is 32.5 Å². The fourth-order valence-electron chi connectivity index (χ4n) is 2.53. The predicted molar refractivity (Wildman–Crippen MR) is 134 cm³/mol. The van der Waals surface area contributed by atoms with Gasteiger partial charge in [-0.25, -0.2) is 0 Å². The molecule has 0 heterocycles. The van der Waals surface area contributed by atoms with Gasteiger partial charge in [0.2, 0.25) is 5.91 Å². The summed E-state index contributed by atoms with van der Waals surface area (Å²) in [6.45, 7) is 14.0. The topological polar surface area (TPSA) is 95.1 Å². The Labute approximate surface area is 202 Å². The maximum atomic E-state index is 11.6. The quantitative estimate of drug-likeness (QED) is 0.172. The first kappa shape index (κ1) is 34.1. The van der Waals surface area contributed by atoms with Crippen LogP contribution in [0.3, 0.4) is 0 Å². The molecule has 8 heteroatoms. The molecule has 1 amide bonds. The largest absolute Gasteiger partial charge is 0.379 e. The second-order valence-electron chi connectivity index (χ2n) is 8.21. The summed E-state index contributed by atoms with van der Waals surface area (Å²) < 4.78 is 21.4. The minimum absolute atomic E-state index is 0.118. The van der Waals surface area contributed by atoms with E-state index >= 15 is 0 Å². The van der Waals surface area contributed by atoms with Crippen LogP contribution in [0.15, 0.2) is 0 Å². The van der Waals surface area contributed by atoms with Gasteiger partial charge in [0.15, 0.2) is 0 Å². The molecule has 1 atom stereocenters. The second-order valence-corrected chi connectivity index (χ2v) is 8.21. The molecule has 0 spiro atoms. The maximum absolute atomic E-state index is 11.6. The van der Waals surface area contributed by atoms with E-state index in [2.05, 4.69) is 10.6 Å². The Morgan fingerprint density at radius 2 is 1.30 bits per heavy atom. The number of rotatable bonds is 23. The predicted octanol–water partition coefficient (Wildman–Crippen LogP) is 3.37. The van der Waals surface area contributed by atoms with Crippen LogP contribution in [0.4, 0.5) is 0 Å². The Bertz CT molecular complexity index is 410. The summed E-state index contributed by atoms with van der Waals surface area (Å²) in [5, 5.41) is 6.11. The van der Waals surface area contributed by atoms with E-state index in [-0.39, 0.29) is 24.5 Å². The monoisotopic (exact) mass is 476 g/mol. The Kier molecular flexibility index (Phi) is 29.9. The highest BCUT2D eigenvalue weighted by atomic mass is 16.5. The highest BCUT2D eigenvalue weighted by Gasteiger charge is 2.08. The summed E-state index contributed by atoms with van der Waals surface area (Å²) in [6, 6.07) is 0. The van der Waals surface area contributed by atoms with Gasteiger partial charge in [-0.05, 0) is 72.4 Å². The van der Waals surface area contributed by atoms with Crippen LogP contribution >= 0.6 is 0 Å². The number of carbonyl (C=O) groups is 2. The molecule has 0 rings (SSSR count). The van der Waals surface area contributed by atoms with Crippen LogP contribution < -0.4 is 10.6 Å². The van der Waals surface area contributed by atoms with Crippen LogP contribution in [-0.4, -0.2) is 84.7 Å². The van der Waals surface area contributed by atoms with Gasteiger partial charge in [0, 0.05) is 25.7 Å². The Balaban J connectivity index is 0. The van der Waals surface area contributed by atoms with E-state index in [9.17, 15) is 9.59 Å².